The molecule has 0 aromatic heterocycles. The molecule has 0 amide bonds. The Hall–Kier alpha value is -0.980. The maximum absolute atomic E-state index is 8.92. The number of nitriles is 1. The highest BCUT2D eigenvalue weighted by Gasteiger charge is 2.15. The first-order chi connectivity index (χ1) is 8.44. The van der Waals surface area contributed by atoms with Gasteiger partial charge in [0.1, 0.15) is 0 Å². The van der Waals surface area contributed by atoms with Crippen LogP contribution in [0.1, 0.15) is 45.2 Å². The van der Waals surface area contributed by atoms with Crippen LogP contribution < -0.4 is 5.73 Å². The van der Waals surface area contributed by atoms with Gasteiger partial charge in [0.05, 0.1) is 11.5 Å². The lowest BCUT2D eigenvalue weighted by atomic mass is 9.90. The molecule has 1 unspecified atom stereocenters. The monoisotopic (exact) mass is 262 g/mol. The van der Waals surface area contributed by atoms with Gasteiger partial charge in [0.15, 0.2) is 0 Å². The molecule has 2 N–H and O–H groups in total. The molecule has 0 saturated heterocycles. The zero-order valence-electron chi connectivity index (χ0n) is 11.4. The van der Waals surface area contributed by atoms with Crippen LogP contribution in [0.2, 0.25) is 0 Å². The van der Waals surface area contributed by atoms with E-state index in [2.05, 4.69) is 30.3 Å². The van der Waals surface area contributed by atoms with Crippen LogP contribution in [0.3, 0.4) is 0 Å². The molecular formula is C15H22N2S. The Kier molecular flexibility index (Phi) is 5.71. The molecule has 0 fully saturated rings. The largest absolute Gasteiger partial charge is 0.324 e. The van der Waals surface area contributed by atoms with Crippen LogP contribution in [0.4, 0.5) is 0 Å². The molecule has 2 nitrogen and oxygen atoms in total. The van der Waals surface area contributed by atoms with Gasteiger partial charge >= 0.3 is 0 Å². The van der Waals surface area contributed by atoms with Crippen LogP contribution in [-0.4, -0.2) is 5.75 Å². The van der Waals surface area contributed by atoms with E-state index in [4.69, 9.17) is 11.0 Å². The second-order valence-corrected chi connectivity index (χ2v) is 6.47. The summed E-state index contributed by atoms with van der Waals surface area (Å²) in [6.45, 7) is 5.98. The van der Waals surface area contributed by atoms with Crippen molar-refractivity contribution >= 4 is 11.8 Å². The van der Waals surface area contributed by atoms with Gasteiger partial charge in [-0.25, -0.2) is 0 Å². The molecule has 0 spiro atoms. The fraction of sp³-hybridized carbons (Fsp3) is 0.533. The molecule has 0 radical (unpaired) electrons. The molecule has 18 heavy (non-hydrogen) atoms. The minimum absolute atomic E-state index is 0.0977. The predicted octanol–water partition coefficient (Wildman–Crippen LogP) is 4.13. The molecule has 1 rings (SSSR count). The summed E-state index contributed by atoms with van der Waals surface area (Å²) in [7, 11) is 0. The molecule has 0 saturated carbocycles. The quantitative estimate of drug-likeness (QED) is 0.619. The lowest BCUT2D eigenvalue weighted by molar-refractivity contribution is 0.448. The molecule has 0 bridgehead atoms. The van der Waals surface area contributed by atoms with Crippen LogP contribution >= 0.6 is 11.8 Å². The molecule has 98 valence electrons. The first-order valence-corrected chi connectivity index (χ1v) is 7.33. The van der Waals surface area contributed by atoms with E-state index < -0.39 is 0 Å². The zero-order valence-corrected chi connectivity index (χ0v) is 12.3. The van der Waals surface area contributed by atoms with Crippen LogP contribution in [0.25, 0.3) is 0 Å². The van der Waals surface area contributed by atoms with Gasteiger partial charge in [-0.1, -0.05) is 12.1 Å². The van der Waals surface area contributed by atoms with Crippen LogP contribution in [0.5, 0.6) is 0 Å². The second-order valence-electron chi connectivity index (χ2n) is 5.31. The Balaban J connectivity index is 2.34. The third-order valence-electron chi connectivity index (χ3n) is 2.92. The third-order valence-corrected chi connectivity index (χ3v) is 4.02. The maximum atomic E-state index is 8.92. The third kappa shape index (κ3) is 5.12. The van der Waals surface area contributed by atoms with Crippen molar-refractivity contribution in [3.8, 4) is 6.07 Å². The Bertz CT molecular complexity index is 401. The van der Waals surface area contributed by atoms with E-state index >= 15 is 0 Å². The summed E-state index contributed by atoms with van der Waals surface area (Å²) in [5.74, 6) is 1.06. The van der Waals surface area contributed by atoms with Gasteiger partial charge in [0.25, 0.3) is 0 Å². The molecule has 0 aliphatic heterocycles. The van der Waals surface area contributed by atoms with Gasteiger partial charge in [-0.2, -0.15) is 5.26 Å². The number of nitrogens with two attached hydrogens (primary N) is 1. The standard InChI is InChI=1S/C15H22N2S/c1-12(17)13-5-7-14(8-6-13)18-10-4-9-15(2,3)11-16/h5-8,12H,4,9-10,17H2,1-3H3. The number of rotatable bonds is 6. The molecule has 0 aliphatic rings. The highest BCUT2D eigenvalue weighted by Crippen LogP contribution is 2.25. The highest BCUT2D eigenvalue weighted by molar-refractivity contribution is 7.99. The molecule has 1 atom stereocenters. The first kappa shape index (κ1) is 15.1. The van der Waals surface area contributed by atoms with Crippen molar-refractivity contribution in [1.82, 2.24) is 0 Å². The highest BCUT2D eigenvalue weighted by atomic mass is 32.2. The number of nitrogens with zero attached hydrogens (tertiary/aromatic N) is 1. The maximum Gasteiger partial charge on any atom is 0.0683 e. The predicted molar refractivity (Wildman–Crippen MR) is 78.4 cm³/mol. The van der Waals surface area contributed by atoms with Gasteiger partial charge in [-0.15, -0.1) is 11.8 Å². The minimum Gasteiger partial charge on any atom is -0.324 e. The van der Waals surface area contributed by atoms with Crippen molar-refractivity contribution in [2.24, 2.45) is 11.1 Å². The van der Waals surface area contributed by atoms with E-state index in [1.165, 1.54) is 10.5 Å². The summed E-state index contributed by atoms with van der Waals surface area (Å²) in [5.41, 5.74) is 6.79. The SMILES string of the molecule is CC(N)c1ccc(SCCCC(C)(C)C#N)cc1. The number of hydrogen-bond donors (Lipinski definition) is 1. The van der Waals surface area contributed by atoms with E-state index in [0.717, 1.165) is 18.6 Å². The minimum atomic E-state index is -0.195. The van der Waals surface area contributed by atoms with Crippen molar-refractivity contribution in [3.05, 3.63) is 29.8 Å². The van der Waals surface area contributed by atoms with E-state index in [-0.39, 0.29) is 11.5 Å². The Morgan fingerprint density at radius 3 is 2.44 bits per heavy atom. The summed E-state index contributed by atoms with van der Waals surface area (Å²) in [6, 6.07) is 10.9. The normalized spacial score (nSPS) is 13.1. The van der Waals surface area contributed by atoms with Gasteiger partial charge in [0.2, 0.25) is 0 Å². The van der Waals surface area contributed by atoms with Gasteiger partial charge in [-0.05, 0) is 57.1 Å². The molecule has 0 heterocycles. The fourth-order valence-electron chi connectivity index (χ4n) is 1.63. The van der Waals surface area contributed by atoms with E-state index in [9.17, 15) is 0 Å². The van der Waals surface area contributed by atoms with E-state index in [1.54, 1.807) is 0 Å². The van der Waals surface area contributed by atoms with Crippen LogP contribution in [0, 0.1) is 16.7 Å². The number of thioether (sulfide) groups is 1. The average Bonchev–Trinajstić information content (AvgIpc) is 2.35. The summed E-state index contributed by atoms with van der Waals surface area (Å²) < 4.78 is 0. The smallest absolute Gasteiger partial charge is 0.0683 e. The molecule has 1 aromatic carbocycles. The topological polar surface area (TPSA) is 49.8 Å². The lowest BCUT2D eigenvalue weighted by Gasteiger charge is -2.14. The summed E-state index contributed by atoms with van der Waals surface area (Å²) >= 11 is 1.84. The lowest BCUT2D eigenvalue weighted by Crippen LogP contribution is -2.07. The first-order valence-electron chi connectivity index (χ1n) is 6.34. The van der Waals surface area contributed by atoms with Crippen molar-refractivity contribution in [2.45, 2.75) is 44.6 Å². The van der Waals surface area contributed by atoms with E-state index in [0.29, 0.717) is 0 Å². The molecule has 0 aliphatic carbocycles. The fourth-order valence-corrected chi connectivity index (χ4v) is 2.48. The van der Waals surface area contributed by atoms with Crippen molar-refractivity contribution in [1.29, 1.82) is 5.26 Å². The van der Waals surface area contributed by atoms with Crippen LogP contribution in [0.15, 0.2) is 29.2 Å². The zero-order chi connectivity index (χ0) is 13.6. The van der Waals surface area contributed by atoms with E-state index in [1.807, 2.05) is 32.5 Å². The van der Waals surface area contributed by atoms with Crippen molar-refractivity contribution in [2.75, 3.05) is 5.75 Å². The number of benzene rings is 1. The van der Waals surface area contributed by atoms with Crippen LogP contribution in [-0.2, 0) is 0 Å². The Labute approximate surface area is 115 Å². The molecular weight excluding hydrogens is 240 g/mol. The average molecular weight is 262 g/mol. The van der Waals surface area contributed by atoms with Gasteiger partial charge in [0, 0.05) is 10.9 Å². The Morgan fingerprint density at radius 2 is 1.94 bits per heavy atom. The van der Waals surface area contributed by atoms with Gasteiger partial charge < -0.3 is 5.73 Å². The Morgan fingerprint density at radius 1 is 1.33 bits per heavy atom. The molecule has 3 heteroatoms. The van der Waals surface area contributed by atoms with Gasteiger partial charge in [-0.3, -0.25) is 0 Å². The van der Waals surface area contributed by atoms with Crippen molar-refractivity contribution in [3.63, 3.8) is 0 Å². The second kappa shape index (κ2) is 6.82. The summed E-state index contributed by atoms with van der Waals surface area (Å²) in [5, 5.41) is 8.92. The molecule has 1 aromatic rings. The number of hydrogen-bond acceptors (Lipinski definition) is 3. The summed E-state index contributed by atoms with van der Waals surface area (Å²) in [6.07, 6.45) is 2.02. The van der Waals surface area contributed by atoms with Crippen molar-refractivity contribution < 1.29 is 0 Å². The summed E-state index contributed by atoms with van der Waals surface area (Å²) in [4.78, 5) is 1.27.